The highest BCUT2D eigenvalue weighted by Crippen LogP contribution is 2.41. The van der Waals surface area contributed by atoms with Gasteiger partial charge in [-0.25, -0.2) is 9.59 Å². The number of carboxylic acids is 1. The van der Waals surface area contributed by atoms with Gasteiger partial charge in [-0.2, -0.15) is 0 Å². The highest BCUT2D eigenvalue weighted by molar-refractivity contribution is 5.91. The van der Waals surface area contributed by atoms with E-state index >= 15 is 0 Å². The lowest BCUT2D eigenvalue weighted by atomic mass is 9.78. The molecule has 3 N–H and O–H groups in total. The van der Waals surface area contributed by atoms with Gasteiger partial charge in [0.25, 0.3) is 0 Å². The molecule has 0 aliphatic heterocycles. The summed E-state index contributed by atoms with van der Waals surface area (Å²) in [5.41, 5.74) is 4.23. The van der Waals surface area contributed by atoms with Crippen LogP contribution in [0.4, 0.5) is 10.5 Å². The molecule has 3 rings (SSSR count). The molecule has 2 aromatic rings. The number of carbonyl (C=O) groups excluding carboxylic acids is 1. The minimum absolute atomic E-state index is 0.212. The van der Waals surface area contributed by atoms with Crippen molar-refractivity contribution in [2.75, 3.05) is 11.9 Å². The maximum Gasteiger partial charge on any atom is 0.335 e. The first-order valence-electron chi connectivity index (χ1n) is 11.2. The summed E-state index contributed by atoms with van der Waals surface area (Å²) in [4.78, 5) is 24.4. The van der Waals surface area contributed by atoms with E-state index in [1.54, 1.807) is 18.2 Å². The molecule has 1 saturated carbocycles. The molecule has 1 aliphatic rings. The number of carbonyl (C=O) groups is 2. The topological polar surface area (TPSA) is 78.4 Å². The fraction of sp³-hybridized carbons (Fsp3) is 0.462. The number of benzene rings is 2. The maximum absolute atomic E-state index is 13.0. The van der Waals surface area contributed by atoms with Crippen molar-refractivity contribution in [2.45, 2.75) is 70.6 Å². The van der Waals surface area contributed by atoms with Gasteiger partial charge in [0, 0.05) is 17.6 Å². The quantitative estimate of drug-likeness (QED) is 0.492. The van der Waals surface area contributed by atoms with Crippen molar-refractivity contribution in [3.63, 3.8) is 0 Å². The van der Waals surface area contributed by atoms with Crippen LogP contribution in [0.15, 0.2) is 42.5 Å². The molecule has 0 bridgehead atoms. The Morgan fingerprint density at radius 2 is 1.55 bits per heavy atom. The molecule has 0 radical (unpaired) electrons. The lowest BCUT2D eigenvalue weighted by Gasteiger charge is -2.30. The minimum atomic E-state index is -0.924. The number of amides is 2. The van der Waals surface area contributed by atoms with Gasteiger partial charge in [0.2, 0.25) is 0 Å². The zero-order valence-electron chi connectivity index (χ0n) is 19.0. The third-order valence-corrected chi connectivity index (χ3v) is 6.48. The molecule has 2 amide bonds. The summed E-state index contributed by atoms with van der Waals surface area (Å²) in [5.74, 6) is -0.324. The fourth-order valence-electron chi connectivity index (χ4n) is 4.70. The summed E-state index contributed by atoms with van der Waals surface area (Å²) in [5, 5.41) is 15.6. The van der Waals surface area contributed by atoms with Crippen molar-refractivity contribution in [1.82, 2.24) is 5.32 Å². The molecule has 0 unspecified atom stereocenters. The van der Waals surface area contributed by atoms with Crippen molar-refractivity contribution in [3.05, 3.63) is 64.7 Å². The monoisotopic (exact) mass is 422 g/mol. The lowest BCUT2D eigenvalue weighted by Crippen LogP contribution is -2.41. The molecule has 0 heterocycles. The Balaban J connectivity index is 1.80. The third kappa shape index (κ3) is 5.09. The van der Waals surface area contributed by atoms with Crippen LogP contribution in [-0.4, -0.2) is 23.7 Å². The Labute approximate surface area is 185 Å². The van der Waals surface area contributed by atoms with E-state index in [1.807, 2.05) is 6.07 Å². The van der Waals surface area contributed by atoms with Gasteiger partial charge in [-0.3, -0.25) is 0 Å². The number of urea groups is 1. The molecule has 166 valence electrons. The predicted octanol–water partition coefficient (Wildman–Crippen LogP) is 6.27. The normalized spacial score (nSPS) is 15.3. The summed E-state index contributed by atoms with van der Waals surface area (Å²) >= 11 is 0. The smallest absolute Gasteiger partial charge is 0.335 e. The van der Waals surface area contributed by atoms with Crippen LogP contribution in [0.25, 0.3) is 0 Å². The Morgan fingerprint density at radius 3 is 2.10 bits per heavy atom. The summed E-state index contributed by atoms with van der Waals surface area (Å²) in [6, 6.07) is 13.1. The van der Waals surface area contributed by atoms with Crippen LogP contribution in [0.1, 0.15) is 92.3 Å². The van der Waals surface area contributed by atoms with Crippen LogP contribution in [0.5, 0.6) is 0 Å². The van der Waals surface area contributed by atoms with Gasteiger partial charge in [-0.05, 0) is 53.5 Å². The molecule has 1 aliphatic carbocycles. The molecule has 5 nitrogen and oxygen atoms in total. The first-order chi connectivity index (χ1) is 14.7. The number of hydrogen-bond acceptors (Lipinski definition) is 2. The summed E-state index contributed by atoms with van der Waals surface area (Å²) in [7, 11) is 0. The van der Waals surface area contributed by atoms with Crippen molar-refractivity contribution < 1.29 is 14.7 Å². The number of para-hydroxylation sites is 1. The van der Waals surface area contributed by atoms with Crippen LogP contribution < -0.4 is 10.6 Å². The van der Waals surface area contributed by atoms with Gasteiger partial charge in [0.1, 0.15) is 0 Å². The van der Waals surface area contributed by atoms with E-state index in [4.69, 9.17) is 0 Å². The fourth-order valence-corrected chi connectivity index (χ4v) is 4.70. The molecule has 31 heavy (non-hydrogen) atoms. The Hall–Kier alpha value is -2.82. The Morgan fingerprint density at radius 1 is 0.968 bits per heavy atom. The minimum Gasteiger partial charge on any atom is -0.478 e. The van der Waals surface area contributed by atoms with Gasteiger partial charge >= 0.3 is 12.0 Å². The van der Waals surface area contributed by atoms with E-state index in [0.29, 0.717) is 23.9 Å². The number of carboxylic acid groups (broad SMARTS) is 1. The highest BCUT2D eigenvalue weighted by Gasteiger charge is 2.36. The van der Waals surface area contributed by atoms with E-state index in [-0.39, 0.29) is 11.4 Å². The van der Waals surface area contributed by atoms with Crippen molar-refractivity contribution in [2.24, 2.45) is 0 Å². The number of hydrogen-bond donors (Lipinski definition) is 3. The number of aromatic carboxylic acids is 1. The van der Waals surface area contributed by atoms with E-state index in [9.17, 15) is 14.7 Å². The van der Waals surface area contributed by atoms with Crippen LogP contribution >= 0.6 is 0 Å². The second-order valence-electron chi connectivity index (χ2n) is 9.30. The summed E-state index contributed by atoms with van der Waals surface area (Å²) < 4.78 is 0. The molecule has 5 heteroatoms. The average Bonchev–Trinajstić information content (AvgIpc) is 3.22. The van der Waals surface area contributed by atoms with Gasteiger partial charge in [0.15, 0.2) is 0 Å². The largest absolute Gasteiger partial charge is 0.478 e. The lowest BCUT2D eigenvalue weighted by molar-refractivity contribution is 0.0696. The number of anilines is 1. The number of rotatable bonds is 7. The van der Waals surface area contributed by atoms with Gasteiger partial charge < -0.3 is 15.7 Å². The zero-order chi connectivity index (χ0) is 22.6. The van der Waals surface area contributed by atoms with Gasteiger partial charge in [-0.15, -0.1) is 0 Å². The second kappa shape index (κ2) is 9.54. The van der Waals surface area contributed by atoms with E-state index in [1.165, 1.54) is 0 Å². The molecule has 0 atom stereocenters. The number of nitrogens with one attached hydrogen (secondary N) is 2. The molecular formula is C26H34N2O3. The van der Waals surface area contributed by atoms with Crippen LogP contribution in [0.2, 0.25) is 0 Å². The van der Waals surface area contributed by atoms with Gasteiger partial charge in [0.05, 0.1) is 5.56 Å². The predicted molar refractivity (Wildman–Crippen MR) is 125 cm³/mol. The molecule has 0 spiro atoms. The highest BCUT2D eigenvalue weighted by atomic mass is 16.4. The molecule has 0 aromatic heterocycles. The molecule has 1 fully saturated rings. The van der Waals surface area contributed by atoms with E-state index in [0.717, 1.165) is 48.1 Å². The maximum atomic E-state index is 13.0. The summed E-state index contributed by atoms with van der Waals surface area (Å²) in [6.45, 7) is 9.01. The van der Waals surface area contributed by atoms with Crippen LogP contribution in [0.3, 0.4) is 0 Å². The van der Waals surface area contributed by atoms with Crippen LogP contribution in [0, 0.1) is 0 Å². The Kier molecular flexibility index (Phi) is 7.04. The standard InChI is InChI=1S/C26H34N2O3/c1-17(2)21-11-8-12-22(18(3)4)23(21)28-25(31)27-16-26(13-5-6-14-26)20-10-7-9-19(15-20)24(29)30/h7-12,15,17-18H,5-6,13-14,16H2,1-4H3,(H,29,30)(H2,27,28,31). The van der Waals surface area contributed by atoms with Crippen LogP contribution in [-0.2, 0) is 5.41 Å². The second-order valence-corrected chi connectivity index (χ2v) is 9.30. The molecular weight excluding hydrogens is 388 g/mol. The first-order valence-corrected chi connectivity index (χ1v) is 11.2. The van der Waals surface area contributed by atoms with E-state index in [2.05, 4.69) is 56.5 Å². The Bertz CT molecular complexity index is 917. The average molecular weight is 423 g/mol. The first kappa shape index (κ1) is 22.9. The van der Waals surface area contributed by atoms with E-state index < -0.39 is 5.97 Å². The van der Waals surface area contributed by atoms with Crippen molar-refractivity contribution in [1.29, 1.82) is 0 Å². The SMILES string of the molecule is CC(C)c1cccc(C(C)C)c1NC(=O)NCC1(c2cccc(C(=O)O)c2)CCCC1. The van der Waals surface area contributed by atoms with Gasteiger partial charge in [-0.1, -0.05) is 70.9 Å². The molecule has 0 saturated heterocycles. The van der Waals surface area contributed by atoms with Crippen molar-refractivity contribution >= 4 is 17.7 Å². The zero-order valence-corrected chi connectivity index (χ0v) is 19.0. The summed E-state index contributed by atoms with van der Waals surface area (Å²) in [6.07, 6.45) is 4.04. The molecule has 2 aromatic carbocycles. The van der Waals surface area contributed by atoms with Crippen molar-refractivity contribution in [3.8, 4) is 0 Å². The third-order valence-electron chi connectivity index (χ3n) is 6.48.